The summed E-state index contributed by atoms with van der Waals surface area (Å²) in [5.74, 6) is -0.432. The fraction of sp³-hybridized carbons (Fsp3) is 0.389. The molecule has 28 heavy (non-hydrogen) atoms. The Kier molecular flexibility index (Phi) is 5.41. The summed E-state index contributed by atoms with van der Waals surface area (Å²) >= 11 is 0. The molecule has 0 saturated carbocycles. The number of sulfonamides is 1. The molecule has 10 heteroatoms. The van der Waals surface area contributed by atoms with Crippen LogP contribution in [-0.4, -0.2) is 44.4 Å². The number of ether oxygens (including phenoxy) is 1. The van der Waals surface area contributed by atoms with Crippen molar-refractivity contribution in [1.82, 2.24) is 5.16 Å². The number of hydrogen-bond donors (Lipinski definition) is 1. The molecular formula is C18H21N3O6S. The number of aromatic nitrogens is 1. The Hall–Kier alpha value is -2.88. The number of esters is 1. The summed E-state index contributed by atoms with van der Waals surface area (Å²) in [6.45, 7) is 3.55. The maximum absolute atomic E-state index is 12.4. The summed E-state index contributed by atoms with van der Waals surface area (Å²) in [6.07, 6.45) is 1.42. The summed E-state index contributed by atoms with van der Waals surface area (Å²) in [5.41, 5.74) is 1.57. The molecule has 150 valence electrons. The van der Waals surface area contributed by atoms with E-state index in [1.165, 1.54) is 17.3 Å². The first kappa shape index (κ1) is 19.9. The van der Waals surface area contributed by atoms with Crippen LogP contribution in [0.4, 0.5) is 11.5 Å². The van der Waals surface area contributed by atoms with Gasteiger partial charge in [-0.15, -0.1) is 0 Å². The fourth-order valence-electron chi connectivity index (χ4n) is 2.97. The first-order valence-electron chi connectivity index (χ1n) is 8.71. The molecule has 0 saturated heterocycles. The molecule has 0 fully saturated rings. The summed E-state index contributed by atoms with van der Waals surface area (Å²) < 4.78 is 35.2. The minimum atomic E-state index is -3.38. The van der Waals surface area contributed by atoms with Crippen molar-refractivity contribution >= 4 is 33.4 Å². The average molecular weight is 407 g/mol. The first-order valence-corrected chi connectivity index (χ1v) is 10.6. The van der Waals surface area contributed by atoms with Crippen molar-refractivity contribution in [3.05, 3.63) is 41.2 Å². The predicted octanol–water partition coefficient (Wildman–Crippen LogP) is 1.88. The number of nitrogens with zero attached hydrogens (tertiary/aromatic N) is 2. The Bertz CT molecular complexity index is 1010. The number of anilines is 2. The monoisotopic (exact) mass is 407 g/mol. The zero-order valence-electron chi connectivity index (χ0n) is 15.8. The van der Waals surface area contributed by atoms with E-state index >= 15 is 0 Å². The summed E-state index contributed by atoms with van der Waals surface area (Å²) in [6, 6.07) is 6.25. The molecule has 1 aromatic heterocycles. The summed E-state index contributed by atoms with van der Waals surface area (Å²) in [4.78, 5) is 24.5. The SMILES string of the molecule is Cc1cc(NC(=O)[C@H](C)OC(=O)c2ccc3c(c2)CCCN3S(C)(=O)=O)no1. The highest BCUT2D eigenvalue weighted by atomic mass is 32.2. The van der Waals surface area contributed by atoms with Crippen LogP contribution in [0, 0.1) is 6.92 Å². The molecule has 0 spiro atoms. The van der Waals surface area contributed by atoms with Gasteiger partial charge in [-0.25, -0.2) is 13.2 Å². The number of hydrogen-bond acceptors (Lipinski definition) is 7. The number of nitrogens with one attached hydrogen (secondary N) is 1. The van der Waals surface area contributed by atoms with Crippen LogP contribution < -0.4 is 9.62 Å². The topological polar surface area (TPSA) is 119 Å². The second-order valence-corrected chi connectivity index (χ2v) is 8.55. The smallest absolute Gasteiger partial charge is 0.338 e. The highest BCUT2D eigenvalue weighted by Crippen LogP contribution is 2.30. The van der Waals surface area contributed by atoms with Crippen molar-refractivity contribution in [3.8, 4) is 0 Å². The lowest BCUT2D eigenvalue weighted by Crippen LogP contribution is -2.34. The molecule has 1 aliphatic heterocycles. The van der Waals surface area contributed by atoms with Gasteiger partial charge in [-0.2, -0.15) is 0 Å². The number of aryl methyl sites for hydroxylation is 2. The number of amides is 1. The minimum Gasteiger partial charge on any atom is -0.449 e. The van der Waals surface area contributed by atoms with Gasteiger partial charge in [0, 0.05) is 12.6 Å². The van der Waals surface area contributed by atoms with Crippen molar-refractivity contribution < 1.29 is 27.3 Å². The molecule has 1 aromatic carbocycles. The van der Waals surface area contributed by atoms with Crippen LogP contribution in [0.5, 0.6) is 0 Å². The standard InChI is InChI=1S/C18H21N3O6S/c1-11-9-16(20-27-11)19-17(22)12(2)26-18(23)14-6-7-15-13(10-14)5-4-8-21(15)28(3,24)25/h6-7,9-10,12H,4-5,8H2,1-3H3,(H,19,20,22)/t12-/m0/s1. The Balaban J connectivity index is 1.70. The Morgan fingerprint density at radius 2 is 2.07 bits per heavy atom. The maximum Gasteiger partial charge on any atom is 0.338 e. The second kappa shape index (κ2) is 7.63. The number of carbonyl (C=O) groups excluding carboxylic acids is 2. The Morgan fingerprint density at radius 1 is 1.32 bits per heavy atom. The molecule has 0 radical (unpaired) electrons. The second-order valence-electron chi connectivity index (χ2n) is 6.64. The van der Waals surface area contributed by atoms with E-state index in [4.69, 9.17) is 9.26 Å². The number of carbonyl (C=O) groups is 2. The number of rotatable bonds is 5. The van der Waals surface area contributed by atoms with Crippen LogP contribution in [0.1, 0.15) is 35.0 Å². The van der Waals surface area contributed by atoms with Crippen LogP contribution in [0.25, 0.3) is 0 Å². The normalized spacial score (nSPS) is 14.9. The molecule has 1 atom stereocenters. The molecule has 2 heterocycles. The largest absolute Gasteiger partial charge is 0.449 e. The van der Waals surface area contributed by atoms with Crippen LogP contribution >= 0.6 is 0 Å². The molecule has 1 aliphatic rings. The zero-order chi connectivity index (χ0) is 20.5. The van der Waals surface area contributed by atoms with E-state index in [0.29, 0.717) is 30.8 Å². The number of benzene rings is 1. The average Bonchev–Trinajstić information content (AvgIpc) is 3.04. The molecular weight excluding hydrogens is 386 g/mol. The van der Waals surface area contributed by atoms with E-state index in [1.54, 1.807) is 25.1 Å². The minimum absolute atomic E-state index is 0.236. The molecule has 0 unspecified atom stereocenters. The lowest BCUT2D eigenvalue weighted by Gasteiger charge is -2.29. The fourth-order valence-corrected chi connectivity index (χ4v) is 3.97. The van der Waals surface area contributed by atoms with Gasteiger partial charge in [0.1, 0.15) is 5.76 Å². The van der Waals surface area contributed by atoms with Crippen LogP contribution in [0.2, 0.25) is 0 Å². The van der Waals surface area contributed by atoms with Crippen molar-refractivity contribution in [2.45, 2.75) is 32.8 Å². The van der Waals surface area contributed by atoms with Gasteiger partial charge in [-0.3, -0.25) is 9.10 Å². The van der Waals surface area contributed by atoms with Gasteiger partial charge in [0.25, 0.3) is 5.91 Å². The maximum atomic E-state index is 12.4. The highest BCUT2D eigenvalue weighted by molar-refractivity contribution is 7.92. The van der Waals surface area contributed by atoms with E-state index < -0.39 is 28.0 Å². The molecule has 9 nitrogen and oxygen atoms in total. The van der Waals surface area contributed by atoms with Gasteiger partial charge >= 0.3 is 5.97 Å². The van der Waals surface area contributed by atoms with Crippen LogP contribution in [-0.2, 0) is 26.0 Å². The van der Waals surface area contributed by atoms with E-state index in [-0.39, 0.29) is 11.4 Å². The van der Waals surface area contributed by atoms with Crippen molar-refractivity contribution in [2.75, 3.05) is 22.4 Å². The van der Waals surface area contributed by atoms with E-state index in [1.807, 2.05) is 0 Å². The van der Waals surface area contributed by atoms with Gasteiger partial charge in [0.05, 0.1) is 17.5 Å². The van der Waals surface area contributed by atoms with Gasteiger partial charge in [-0.1, -0.05) is 5.16 Å². The Morgan fingerprint density at radius 3 is 2.71 bits per heavy atom. The van der Waals surface area contributed by atoms with E-state index in [2.05, 4.69) is 10.5 Å². The summed E-state index contributed by atoms with van der Waals surface area (Å²) in [5, 5.41) is 6.15. The third-order valence-electron chi connectivity index (χ3n) is 4.32. The van der Waals surface area contributed by atoms with Gasteiger partial charge in [-0.05, 0) is 50.5 Å². The van der Waals surface area contributed by atoms with Crippen LogP contribution in [0.3, 0.4) is 0 Å². The van der Waals surface area contributed by atoms with Gasteiger partial charge in [0.2, 0.25) is 10.0 Å². The third-order valence-corrected chi connectivity index (χ3v) is 5.50. The van der Waals surface area contributed by atoms with Gasteiger partial charge < -0.3 is 14.6 Å². The third kappa shape index (κ3) is 4.33. The Labute approximate surface area is 162 Å². The van der Waals surface area contributed by atoms with E-state index in [0.717, 1.165) is 11.8 Å². The van der Waals surface area contributed by atoms with Crippen molar-refractivity contribution in [1.29, 1.82) is 0 Å². The summed E-state index contributed by atoms with van der Waals surface area (Å²) in [7, 11) is -3.38. The van der Waals surface area contributed by atoms with Crippen LogP contribution in [0.15, 0.2) is 28.8 Å². The quantitative estimate of drug-likeness (QED) is 0.752. The molecule has 1 N–H and O–H groups in total. The lowest BCUT2D eigenvalue weighted by molar-refractivity contribution is -0.123. The molecule has 1 amide bonds. The molecule has 2 aromatic rings. The van der Waals surface area contributed by atoms with Gasteiger partial charge in [0.15, 0.2) is 11.9 Å². The molecule has 0 bridgehead atoms. The molecule has 0 aliphatic carbocycles. The number of fused-ring (bicyclic) bond motifs is 1. The van der Waals surface area contributed by atoms with E-state index in [9.17, 15) is 18.0 Å². The highest BCUT2D eigenvalue weighted by Gasteiger charge is 2.26. The lowest BCUT2D eigenvalue weighted by atomic mass is 10.0. The molecule has 3 rings (SSSR count). The predicted molar refractivity (Wildman–Crippen MR) is 102 cm³/mol. The zero-order valence-corrected chi connectivity index (χ0v) is 16.6. The van der Waals surface area contributed by atoms with Crippen molar-refractivity contribution in [3.63, 3.8) is 0 Å². The van der Waals surface area contributed by atoms with Crippen molar-refractivity contribution in [2.24, 2.45) is 0 Å². The first-order chi connectivity index (χ1) is 13.1.